The third-order valence-corrected chi connectivity index (χ3v) is 4.20. The zero-order valence-corrected chi connectivity index (χ0v) is 13.2. The van der Waals surface area contributed by atoms with Crippen LogP contribution < -0.4 is 11.1 Å². The maximum atomic E-state index is 12.6. The maximum absolute atomic E-state index is 12.6. The average molecular weight is 302 g/mol. The zero-order chi connectivity index (χ0) is 16.2. The Hall–Kier alpha value is -2.28. The van der Waals surface area contributed by atoms with E-state index in [0.717, 1.165) is 5.69 Å². The summed E-state index contributed by atoms with van der Waals surface area (Å²) in [6.07, 6.45) is 1.41. The van der Waals surface area contributed by atoms with Crippen molar-refractivity contribution in [1.82, 2.24) is 20.2 Å². The van der Waals surface area contributed by atoms with Crippen molar-refractivity contribution in [1.29, 1.82) is 0 Å². The van der Waals surface area contributed by atoms with Crippen LogP contribution in [0.25, 0.3) is 5.69 Å². The number of nitrogens with zero attached hydrogens (tertiary/aromatic N) is 4. The van der Waals surface area contributed by atoms with Crippen LogP contribution in [0.5, 0.6) is 0 Å². The van der Waals surface area contributed by atoms with Crippen molar-refractivity contribution in [2.45, 2.75) is 33.6 Å². The minimum atomic E-state index is -0.527. The number of anilines is 1. The maximum Gasteiger partial charge on any atom is 0.231 e. The molecule has 1 aromatic heterocycles. The van der Waals surface area contributed by atoms with Gasteiger partial charge in [-0.05, 0) is 48.4 Å². The molecule has 118 valence electrons. The van der Waals surface area contributed by atoms with Gasteiger partial charge in [0, 0.05) is 12.2 Å². The molecule has 1 aromatic carbocycles. The molecular weight excluding hydrogens is 280 g/mol. The van der Waals surface area contributed by atoms with Crippen LogP contribution >= 0.6 is 0 Å². The highest BCUT2D eigenvalue weighted by atomic mass is 16.2. The van der Waals surface area contributed by atoms with E-state index in [1.807, 2.05) is 45.0 Å². The second-order valence-electron chi connectivity index (χ2n) is 5.33. The fourth-order valence-electron chi connectivity index (χ4n) is 2.40. The molecule has 0 radical (unpaired) electrons. The summed E-state index contributed by atoms with van der Waals surface area (Å²) >= 11 is 0. The number of aromatic nitrogens is 4. The Kier molecular flexibility index (Phi) is 4.87. The Morgan fingerprint density at radius 3 is 2.64 bits per heavy atom. The van der Waals surface area contributed by atoms with Crippen molar-refractivity contribution in [2.75, 3.05) is 11.9 Å². The van der Waals surface area contributed by atoms with Crippen molar-refractivity contribution in [2.24, 2.45) is 11.1 Å². The lowest BCUT2D eigenvalue weighted by Gasteiger charge is -2.28. The number of benzene rings is 1. The molecule has 0 saturated heterocycles. The Morgan fingerprint density at radius 1 is 1.36 bits per heavy atom. The van der Waals surface area contributed by atoms with E-state index in [9.17, 15) is 4.79 Å². The number of hydrogen-bond donors (Lipinski definition) is 2. The summed E-state index contributed by atoms with van der Waals surface area (Å²) in [5.41, 5.74) is 6.80. The van der Waals surface area contributed by atoms with Crippen LogP contribution in [-0.2, 0) is 4.79 Å². The molecule has 0 spiro atoms. The third kappa shape index (κ3) is 2.99. The molecule has 0 aliphatic heterocycles. The van der Waals surface area contributed by atoms with Gasteiger partial charge < -0.3 is 11.1 Å². The number of nitrogens with one attached hydrogen (secondary N) is 1. The molecule has 0 atom stereocenters. The largest absolute Gasteiger partial charge is 0.329 e. The number of hydrogen-bond acceptors (Lipinski definition) is 5. The smallest absolute Gasteiger partial charge is 0.231 e. The summed E-state index contributed by atoms with van der Waals surface area (Å²) in [6, 6.07) is 7.42. The molecule has 0 fully saturated rings. The first-order valence-corrected chi connectivity index (χ1v) is 7.43. The summed E-state index contributed by atoms with van der Waals surface area (Å²) in [6.45, 7) is 6.12. The van der Waals surface area contributed by atoms with Crippen LogP contribution in [0.15, 0.2) is 24.3 Å². The van der Waals surface area contributed by atoms with Crippen molar-refractivity contribution < 1.29 is 4.79 Å². The Morgan fingerprint density at radius 2 is 2.09 bits per heavy atom. The summed E-state index contributed by atoms with van der Waals surface area (Å²) in [4.78, 5) is 12.6. The predicted molar refractivity (Wildman–Crippen MR) is 84.6 cm³/mol. The fourth-order valence-corrected chi connectivity index (χ4v) is 2.40. The van der Waals surface area contributed by atoms with Crippen molar-refractivity contribution >= 4 is 11.6 Å². The van der Waals surface area contributed by atoms with Crippen LogP contribution in [-0.4, -0.2) is 32.7 Å². The van der Waals surface area contributed by atoms with Gasteiger partial charge in [-0.25, -0.2) is 0 Å². The lowest BCUT2D eigenvalue weighted by Crippen LogP contribution is -2.41. The van der Waals surface area contributed by atoms with Gasteiger partial charge >= 0.3 is 0 Å². The van der Waals surface area contributed by atoms with Crippen molar-refractivity contribution in [3.8, 4) is 5.69 Å². The van der Waals surface area contributed by atoms with Gasteiger partial charge in [-0.3, -0.25) is 4.79 Å². The van der Waals surface area contributed by atoms with E-state index < -0.39 is 5.41 Å². The minimum absolute atomic E-state index is 0.0504. The summed E-state index contributed by atoms with van der Waals surface area (Å²) in [5.74, 6) is 0.632. The quantitative estimate of drug-likeness (QED) is 0.845. The molecule has 7 heteroatoms. The molecule has 1 heterocycles. The van der Waals surface area contributed by atoms with Gasteiger partial charge in [0.1, 0.15) is 0 Å². The highest BCUT2D eigenvalue weighted by Crippen LogP contribution is 2.27. The van der Waals surface area contributed by atoms with E-state index in [1.165, 1.54) is 0 Å². The van der Waals surface area contributed by atoms with E-state index >= 15 is 0 Å². The van der Waals surface area contributed by atoms with E-state index in [-0.39, 0.29) is 5.91 Å². The van der Waals surface area contributed by atoms with Crippen LogP contribution in [0, 0.1) is 12.3 Å². The average Bonchev–Trinajstić information content (AvgIpc) is 2.96. The number of amides is 1. The number of carbonyl (C=O) groups is 1. The highest BCUT2D eigenvalue weighted by molar-refractivity contribution is 5.95. The number of aryl methyl sites for hydroxylation is 1. The Bertz CT molecular complexity index is 639. The topological polar surface area (TPSA) is 98.7 Å². The summed E-state index contributed by atoms with van der Waals surface area (Å²) in [7, 11) is 0. The van der Waals surface area contributed by atoms with Gasteiger partial charge in [0.2, 0.25) is 5.91 Å². The van der Waals surface area contributed by atoms with E-state index in [2.05, 4.69) is 20.8 Å². The van der Waals surface area contributed by atoms with Gasteiger partial charge in [0.05, 0.1) is 11.1 Å². The second kappa shape index (κ2) is 6.65. The SMILES string of the molecule is CCC(CC)(CN)C(=O)Nc1cccc(-n2nnnc2C)c1. The normalized spacial score (nSPS) is 11.5. The van der Waals surface area contributed by atoms with Crippen molar-refractivity contribution in [3.63, 3.8) is 0 Å². The first kappa shape index (κ1) is 16.1. The van der Waals surface area contributed by atoms with Gasteiger partial charge in [0.25, 0.3) is 0 Å². The molecule has 0 bridgehead atoms. The molecule has 0 saturated carbocycles. The molecule has 22 heavy (non-hydrogen) atoms. The molecule has 2 rings (SSSR count). The molecule has 0 aliphatic carbocycles. The first-order chi connectivity index (χ1) is 10.6. The molecule has 0 aliphatic rings. The van der Waals surface area contributed by atoms with E-state index in [1.54, 1.807) is 4.68 Å². The summed E-state index contributed by atoms with van der Waals surface area (Å²) < 4.78 is 1.62. The number of tetrazole rings is 1. The summed E-state index contributed by atoms with van der Waals surface area (Å²) in [5, 5.41) is 14.4. The van der Waals surface area contributed by atoms with Crippen LogP contribution in [0.4, 0.5) is 5.69 Å². The van der Waals surface area contributed by atoms with Crippen LogP contribution in [0.2, 0.25) is 0 Å². The second-order valence-corrected chi connectivity index (χ2v) is 5.33. The van der Waals surface area contributed by atoms with Gasteiger partial charge in [-0.2, -0.15) is 4.68 Å². The Labute approximate surface area is 129 Å². The van der Waals surface area contributed by atoms with Gasteiger partial charge in [-0.1, -0.05) is 19.9 Å². The monoisotopic (exact) mass is 302 g/mol. The third-order valence-electron chi connectivity index (χ3n) is 4.20. The number of rotatable bonds is 6. The number of carbonyl (C=O) groups excluding carboxylic acids is 1. The lowest BCUT2D eigenvalue weighted by atomic mass is 9.81. The fraction of sp³-hybridized carbons (Fsp3) is 0.467. The highest BCUT2D eigenvalue weighted by Gasteiger charge is 2.33. The lowest BCUT2D eigenvalue weighted by molar-refractivity contribution is -0.125. The van der Waals surface area contributed by atoms with Crippen molar-refractivity contribution in [3.05, 3.63) is 30.1 Å². The van der Waals surface area contributed by atoms with E-state index in [4.69, 9.17) is 5.73 Å². The zero-order valence-electron chi connectivity index (χ0n) is 13.2. The molecule has 2 aromatic rings. The molecule has 0 unspecified atom stereocenters. The van der Waals surface area contributed by atoms with E-state index in [0.29, 0.717) is 30.9 Å². The standard InChI is InChI=1S/C15H22N6O/c1-4-15(5-2,10-16)14(22)17-12-7-6-8-13(9-12)21-11(3)18-19-20-21/h6-9H,4-5,10,16H2,1-3H3,(H,17,22). The molecule has 1 amide bonds. The Balaban J connectivity index is 2.24. The van der Waals surface area contributed by atoms with Crippen LogP contribution in [0.3, 0.4) is 0 Å². The molecular formula is C15H22N6O. The van der Waals surface area contributed by atoms with Gasteiger partial charge in [-0.15, -0.1) is 5.10 Å². The predicted octanol–water partition coefficient (Wildman–Crippen LogP) is 1.67. The first-order valence-electron chi connectivity index (χ1n) is 7.43. The molecule has 7 nitrogen and oxygen atoms in total. The minimum Gasteiger partial charge on any atom is -0.329 e. The number of nitrogens with two attached hydrogens (primary N) is 1. The molecule has 3 N–H and O–H groups in total. The van der Waals surface area contributed by atoms with Gasteiger partial charge in [0.15, 0.2) is 5.82 Å². The van der Waals surface area contributed by atoms with Crippen LogP contribution in [0.1, 0.15) is 32.5 Å².